The van der Waals surface area contributed by atoms with Gasteiger partial charge in [0.05, 0.1) is 11.7 Å². The van der Waals surface area contributed by atoms with Crippen LogP contribution in [0.15, 0.2) is 24.4 Å². The number of carbonyl (C=O) groups excluding carboxylic acids is 1. The fourth-order valence-corrected chi connectivity index (χ4v) is 1.62. The molecule has 1 aromatic heterocycles. The lowest BCUT2D eigenvalue weighted by atomic mass is 10.1. The lowest BCUT2D eigenvalue weighted by molar-refractivity contribution is -0.120. The molecule has 4 nitrogen and oxygen atoms in total. The fraction of sp³-hybridized carbons (Fsp3) is 0.333. The molecular formula is C12H15N3O. The van der Waals surface area contributed by atoms with Crippen molar-refractivity contribution in [3.05, 3.63) is 30.0 Å². The highest BCUT2D eigenvalue weighted by atomic mass is 16.1. The topological polar surface area (TPSA) is 57.8 Å². The summed E-state index contributed by atoms with van der Waals surface area (Å²) in [4.78, 5) is 11.0. The summed E-state index contributed by atoms with van der Waals surface area (Å²) in [6, 6.07) is 6.16. The van der Waals surface area contributed by atoms with Crippen molar-refractivity contribution in [2.75, 3.05) is 6.54 Å². The molecule has 1 aromatic carbocycles. The third-order valence-corrected chi connectivity index (χ3v) is 2.56. The van der Waals surface area contributed by atoms with Crippen molar-refractivity contribution >= 4 is 16.8 Å². The molecule has 4 heteroatoms. The van der Waals surface area contributed by atoms with Crippen LogP contribution in [0, 0.1) is 0 Å². The zero-order valence-electron chi connectivity index (χ0n) is 9.29. The van der Waals surface area contributed by atoms with E-state index in [9.17, 15) is 4.79 Å². The molecule has 0 saturated heterocycles. The molecule has 2 aromatic rings. The third kappa shape index (κ3) is 2.39. The number of carbonyl (C=O) groups is 1. The van der Waals surface area contributed by atoms with Crippen LogP contribution in [-0.4, -0.2) is 22.6 Å². The van der Waals surface area contributed by atoms with E-state index in [1.165, 1.54) is 5.56 Å². The van der Waals surface area contributed by atoms with E-state index in [4.69, 9.17) is 0 Å². The molecule has 0 unspecified atom stereocenters. The zero-order chi connectivity index (χ0) is 11.4. The first-order chi connectivity index (χ1) is 7.79. The molecule has 1 heterocycles. The minimum absolute atomic E-state index is 0.101. The Labute approximate surface area is 94.0 Å². The highest BCUT2D eigenvalue weighted by Gasteiger charge is 1.99. The van der Waals surface area contributed by atoms with E-state index < -0.39 is 0 Å². The Morgan fingerprint density at radius 2 is 2.38 bits per heavy atom. The standard InChI is InChI=1S/C12H15N3O/c1-2-12(16)13-6-5-9-3-4-11-10(7-9)8-14-15-11/h3-4,7-8H,2,5-6H2,1H3,(H,13,16)(H,14,15). The first kappa shape index (κ1) is 10.7. The van der Waals surface area contributed by atoms with Gasteiger partial charge in [0.15, 0.2) is 0 Å². The number of nitrogens with one attached hydrogen (secondary N) is 2. The van der Waals surface area contributed by atoms with Crippen LogP contribution in [0.4, 0.5) is 0 Å². The molecule has 0 radical (unpaired) electrons. The summed E-state index contributed by atoms with van der Waals surface area (Å²) in [5.74, 6) is 0.101. The molecule has 2 rings (SSSR count). The van der Waals surface area contributed by atoms with Crippen molar-refractivity contribution in [1.29, 1.82) is 0 Å². The minimum Gasteiger partial charge on any atom is -0.356 e. The van der Waals surface area contributed by atoms with Crippen LogP contribution in [-0.2, 0) is 11.2 Å². The molecule has 0 aliphatic rings. The quantitative estimate of drug-likeness (QED) is 0.817. The Hall–Kier alpha value is -1.84. The molecule has 0 spiro atoms. The Kier molecular flexibility index (Phi) is 3.19. The second kappa shape index (κ2) is 4.79. The monoisotopic (exact) mass is 217 g/mol. The summed E-state index contributed by atoms with van der Waals surface area (Å²) >= 11 is 0. The maximum Gasteiger partial charge on any atom is 0.219 e. The molecular weight excluding hydrogens is 202 g/mol. The van der Waals surface area contributed by atoms with Gasteiger partial charge in [-0.3, -0.25) is 9.89 Å². The molecule has 84 valence electrons. The van der Waals surface area contributed by atoms with Gasteiger partial charge < -0.3 is 5.32 Å². The van der Waals surface area contributed by atoms with Crippen molar-refractivity contribution in [2.45, 2.75) is 19.8 Å². The van der Waals surface area contributed by atoms with Crippen molar-refractivity contribution in [2.24, 2.45) is 0 Å². The van der Waals surface area contributed by atoms with Crippen molar-refractivity contribution in [3.8, 4) is 0 Å². The number of benzene rings is 1. The first-order valence-corrected chi connectivity index (χ1v) is 5.48. The molecule has 0 fully saturated rings. The van der Waals surface area contributed by atoms with Crippen LogP contribution in [0.3, 0.4) is 0 Å². The number of hydrogen-bond acceptors (Lipinski definition) is 2. The molecule has 0 atom stereocenters. The van der Waals surface area contributed by atoms with E-state index in [1.54, 1.807) is 0 Å². The highest BCUT2D eigenvalue weighted by molar-refractivity contribution is 5.78. The summed E-state index contributed by atoms with van der Waals surface area (Å²) in [5.41, 5.74) is 2.26. The van der Waals surface area contributed by atoms with Crippen molar-refractivity contribution in [3.63, 3.8) is 0 Å². The molecule has 2 N–H and O–H groups in total. The number of fused-ring (bicyclic) bond motifs is 1. The predicted octanol–water partition coefficient (Wildman–Crippen LogP) is 1.63. The van der Waals surface area contributed by atoms with Gasteiger partial charge in [-0.15, -0.1) is 0 Å². The van der Waals surface area contributed by atoms with Crippen LogP contribution in [0.2, 0.25) is 0 Å². The fourth-order valence-electron chi connectivity index (χ4n) is 1.62. The van der Waals surface area contributed by atoms with Gasteiger partial charge in [0.1, 0.15) is 0 Å². The SMILES string of the molecule is CCC(=O)NCCc1ccc2[nH]ncc2c1. The van der Waals surface area contributed by atoms with Gasteiger partial charge in [-0.2, -0.15) is 5.10 Å². The Bertz CT molecular complexity index is 490. The van der Waals surface area contributed by atoms with Gasteiger partial charge in [-0.25, -0.2) is 0 Å². The van der Waals surface area contributed by atoms with E-state index in [2.05, 4.69) is 27.6 Å². The van der Waals surface area contributed by atoms with Gasteiger partial charge >= 0.3 is 0 Å². The minimum atomic E-state index is 0.101. The molecule has 16 heavy (non-hydrogen) atoms. The van der Waals surface area contributed by atoms with Gasteiger partial charge in [-0.05, 0) is 24.1 Å². The average molecular weight is 217 g/mol. The van der Waals surface area contributed by atoms with Crippen LogP contribution < -0.4 is 5.32 Å². The molecule has 1 amide bonds. The Morgan fingerprint density at radius 3 is 3.19 bits per heavy atom. The Balaban J connectivity index is 1.96. The summed E-state index contributed by atoms with van der Waals surface area (Å²) < 4.78 is 0. The van der Waals surface area contributed by atoms with E-state index in [0.717, 1.165) is 17.3 Å². The van der Waals surface area contributed by atoms with Crippen LogP contribution in [0.1, 0.15) is 18.9 Å². The predicted molar refractivity (Wildman–Crippen MR) is 63.1 cm³/mol. The normalized spacial score (nSPS) is 10.6. The molecule has 0 aliphatic heterocycles. The number of H-pyrrole nitrogens is 1. The van der Waals surface area contributed by atoms with Gasteiger partial charge in [0.2, 0.25) is 5.91 Å². The van der Waals surface area contributed by atoms with E-state index >= 15 is 0 Å². The number of nitrogens with zero attached hydrogens (tertiary/aromatic N) is 1. The maximum atomic E-state index is 11.0. The van der Waals surface area contributed by atoms with Gasteiger partial charge in [0.25, 0.3) is 0 Å². The number of aromatic nitrogens is 2. The number of rotatable bonds is 4. The highest BCUT2D eigenvalue weighted by Crippen LogP contribution is 2.12. The number of hydrogen-bond donors (Lipinski definition) is 2. The van der Waals surface area contributed by atoms with Crippen LogP contribution >= 0.6 is 0 Å². The number of amides is 1. The second-order valence-electron chi connectivity index (χ2n) is 3.75. The van der Waals surface area contributed by atoms with E-state index in [1.807, 2.05) is 19.2 Å². The average Bonchev–Trinajstić information content (AvgIpc) is 2.76. The summed E-state index contributed by atoms with van der Waals surface area (Å²) in [5, 5.41) is 10.9. The Morgan fingerprint density at radius 1 is 1.50 bits per heavy atom. The summed E-state index contributed by atoms with van der Waals surface area (Å²) in [6.45, 7) is 2.54. The maximum absolute atomic E-state index is 11.0. The molecule has 0 saturated carbocycles. The smallest absolute Gasteiger partial charge is 0.219 e. The molecule has 0 bridgehead atoms. The third-order valence-electron chi connectivity index (χ3n) is 2.56. The van der Waals surface area contributed by atoms with E-state index in [0.29, 0.717) is 13.0 Å². The van der Waals surface area contributed by atoms with Crippen molar-refractivity contribution < 1.29 is 4.79 Å². The lowest BCUT2D eigenvalue weighted by Crippen LogP contribution is -2.24. The second-order valence-corrected chi connectivity index (χ2v) is 3.75. The van der Waals surface area contributed by atoms with Crippen LogP contribution in [0.25, 0.3) is 10.9 Å². The summed E-state index contributed by atoms with van der Waals surface area (Å²) in [6.07, 6.45) is 3.21. The first-order valence-electron chi connectivity index (χ1n) is 5.48. The molecule has 0 aliphatic carbocycles. The lowest BCUT2D eigenvalue weighted by Gasteiger charge is -2.03. The van der Waals surface area contributed by atoms with Crippen LogP contribution in [0.5, 0.6) is 0 Å². The van der Waals surface area contributed by atoms with Gasteiger partial charge in [-0.1, -0.05) is 13.0 Å². The van der Waals surface area contributed by atoms with Gasteiger partial charge in [0, 0.05) is 18.4 Å². The zero-order valence-corrected chi connectivity index (χ0v) is 9.29. The largest absolute Gasteiger partial charge is 0.356 e. The van der Waals surface area contributed by atoms with E-state index in [-0.39, 0.29) is 5.91 Å². The summed E-state index contributed by atoms with van der Waals surface area (Å²) in [7, 11) is 0. The number of aromatic amines is 1. The van der Waals surface area contributed by atoms with Crippen molar-refractivity contribution in [1.82, 2.24) is 15.5 Å².